The van der Waals surface area contributed by atoms with E-state index < -0.39 is 0 Å². The Balaban J connectivity index is 4.10. The van der Waals surface area contributed by atoms with E-state index in [4.69, 9.17) is 0 Å². The first-order valence-corrected chi connectivity index (χ1v) is 1.74. The van der Waals surface area contributed by atoms with Gasteiger partial charge in [0, 0.05) is 11.6 Å². The molecule has 0 aromatic rings. The molecule has 0 aliphatic rings. The third-order valence-corrected chi connectivity index (χ3v) is 0.436. The van der Waals surface area contributed by atoms with E-state index in [9.17, 15) is 9.59 Å². The molecule has 0 heterocycles. The number of hydrogen-bond acceptors (Lipinski definition) is 2. The van der Waals surface area contributed by atoms with Gasteiger partial charge in [-0.25, -0.2) is 9.59 Å². The van der Waals surface area contributed by atoms with Gasteiger partial charge in [-0.05, 0) is 6.92 Å². The van der Waals surface area contributed by atoms with Crippen molar-refractivity contribution in [2.24, 2.45) is 0 Å². The summed E-state index contributed by atoms with van der Waals surface area (Å²) in [7, 11) is 0. The third-order valence-electron chi connectivity index (χ3n) is 0.436. The molecule has 0 rings (SSSR count). The van der Waals surface area contributed by atoms with E-state index in [1.807, 2.05) is 0 Å². The summed E-state index contributed by atoms with van der Waals surface area (Å²) in [6.45, 7) is 1.48. The summed E-state index contributed by atoms with van der Waals surface area (Å²) >= 11 is 0. The summed E-state index contributed by atoms with van der Waals surface area (Å²) in [4.78, 5) is 18.9. The van der Waals surface area contributed by atoms with Crippen LogP contribution < -0.4 is 0 Å². The zero-order valence-corrected chi connectivity index (χ0v) is 3.89. The van der Waals surface area contributed by atoms with Gasteiger partial charge in [-0.3, -0.25) is 0 Å². The van der Waals surface area contributed by atoms with Crippen LogP contribution in [0.2, 0.25) is 0 Å². The molecule has 0 fully saturated rings. The van der Waals surface area contributed by atoms with Gasteiger partial charge >= 0.3 is 0 Å². The van der Waals surface area contributed by atoms with Crippen LogP contribution in [0.4, 0.5) is 0 Å². The molecule has 0 aromatic heterocycles. The monoisotopic (exact) mass is 96.0 g/mol. The van der Waals surface area contributed by atoms with Gasteiger partial charge in [0.05, 0.1) is 0 Å². The predicted molar refractivity (Wildman–Crippen MR) is 25.1 cm³/mol. The summed E-state index contributed by atoms with van der Waals surface area (Å²) in [5.41, 5.74) is 0.273. The average molecular weight is 96.1 g/mol. The molecule has 0 aliphatic heterocycles. The summed E-state index contributed by atoms with van der Waals surface area (Å²) < 4.78 is 0. The Kier molecular flexibility index (Phi) is 2.62. The Morgan fingerprint density at radius 3 is 2.29 bits per heavy atom. The van der Waals surface area contributed by atoms with Crippen LogP contribution in [0, 0.1) is 0 Å². The number of hydrogen-bond donors (Lipinski definition) is 0. The van der Waals surface area contributed by atoms with Gasteiger partial charge in [-0.2, -0.15) is 0 Å². The van der Waals surface area contributed by atoms with Crippen LogP contribution in [-0.4, -0.2) is 11.9 Å². The highest BCUT2D eigenvalue weighted by Gasteiger charge is 1.74. The van der Waals surface area contributed by atoms with Crippen LogP contribution >= 0.6 is 0 Å². The fraction of sp³-hybridized carbons (Fsp3) is 0.200. The zero-order chi connectivity index (χ0) is 5.70. The van der Waals surface area contributed by atoms with Crippen LogP contribution in [0.15, 0.2) is 11.6 Å². The average Bonchev–Trinajstić information content (AvgIpc) is 1.68. The number of rotatable bonds is 1. The highest BCUT2D eigenvalue weighted by molar-refractivity contribution is 5.64. The van der Waals surface area contributed by atoms with Crippen molar-refractivity contribution < 1.29 is 9.59 Å². The molecule has 2 nitrogen and oxygen atoms in total. The topological polar surface area (TPSA) is 34.1 Å². The molecule has 0 N–H and O–H groups in total. The SMILES string of the molecule is CC(=C=O)C=C=O. The van der Waals surface area contributed by atoms with Crippen molar-refractivity contribution in [3.05, 3.63) is 11.6 Å². The van der Waals surface area contributed by atoms with Crippen LogP contribution in [0.3, 0.4) is 0 Å². The summed E-state index contributed by atoms with van der Waals surface area (Å²) in [5.74, 6) is 2.96. The second-order valence-corrected chi connectivity index (χ2v) is 1.05. The minimum absolute atomic E-state index is 0.273. The lowest BCUT2D eigenvalue weighted by Gasteiger charge is -1.66. The van der Waals surface area contributed by atoms with Gasteiger partial charge in [0.2, 0.25) is 0 Å². The standard InChI is InChI=1S/C5H4O2/c1-5(4-7)2-3-6/h2H,1H3. The van der Waals surface area contributed by atoms with Crippen molar-refractivity contribution in [2.75, 3.05) is 0 Å². The summed E-state index contributed by atoms with van der Waals surface area (Å²) in [6.07, 6.45) is 1.03. The van der Waals surface area contributed by atoms with Gasteiger partial charge in [-0.15, -0.1) is 0 Å². The fourth-order valence-electron chi connectivity index (χ4n) is 0.118. The minimum atomic E-state index is 0.273. The van der Waals surface area contributed by atoms with Crippen molar-refractivity contribution in [1.29, 1.82) is 0 Å². The molecule has 7 heavy (non-hydrogen) atoms. The van der Waals surface area contributed by atoms with Crippen molar-refractivity contribution in [1.82, 2.24) is 0 Å². The lowest BCUT2D eigenvalue weighted by molar-refractivity contribution is 0.565. The molecule has 2 heteroatoms. The van der Waals surface area contributed by atoms with Crippen LogP contribution in [-0.2, 0) is 9.59 Å². The molecule has 0 unspecified atom stereocenters. The molecule has 0 atom stereocenters. The zero-order valence-electron chi connectivity index (χ0n) is 3.89. The molecule has 0 aromatic carbocycles. The maximum atomic E-state index is 9.52. The minimum Gasteiger partial charge on any atom is -0.233 e. The van der Waals surface area contributed by atoms with Crippen molar-refractivity contribution >= 4 is 11.9 Å². The van der Waals surface area contributed by atoms with Crippen LogP contribution in [0.5, 0.6) is 0 Å². The van der Waals surface area contributed by atoms with Gasteiger partial charge in [0.1, 0.15) is 11.9 Å². The van der Waals surface area contributed by atoms with Crippen LogP contribution in [0.25, 0.3) is 0 Å². The second-order valence-electron chi connectivity index (χ2n) is 1.05. The Labute approximate surface area is 41.1 Å². The first-order chi connectivity index (χ1) is 3.31. The highest BCUT2D eigenvalue weighted by Crippen LogP contribution is 1.79. The second kappa shape index (κ2) is 3.10. The summed E-state index contributed by atoms with van der Waals surface area (Å²) in [6, 6.07) is 0. The Hall–Kier alpha value is -1.10. The Morgan fingerprint density at radius 1 is 1.57 bits per heavy atom. The van der Waals surface area contributed by atoms with Gasteiger partial charge < -0.3 is 0 Å². The normalized spacial score (nSPS) is 5.86. The lowest BCUT2D eigenvalue weighted by atomic mass is 10.3. The number of allylic oxidation sites excluding steroid dienone is 2. The lowest BCUT2D eigenvalue weighted by Crippen LogP contribution is -1.64. The van der Waals surface area contributed by atoms with E-state index in [0.29, 0.717) is 0 Å². The Morgan fingerprint density at radius 2 is 2.14 bits per heavy atom. The predicted octanol–water partition coefficient (Wildman–Crippen LogP) is 0.152. The van der Waals surface area contributed by atoms with E-state index in [1.54, 1.807) is 0 Å². The number of carbonyl (C=O) groups excluding carboxylic acids is 2. The quantitative estimate of drug-likeness (QED) is 0.344. The maximum Gasteiger partial charge on any atom is 0.128 e. The van der Waals surface area contributed by atoms with E-state index in [0.717, 1.165) is 6.08 Å². The van der Waals surface area contributed by atoms with Gasteiger partial charge in [-0.1, -0.05) is 0 Å². The first kappa shape index (κ1) is 5.90. The largest absolute Gasteiger partial charge is 0.233 e. The van der Waals surface area contributed by atoms with E-state index >= 15 is 0 Å². The highest BCUT2D eigenvalue weighted by atomic mass is 16.1. The molecule has 0 amide bonds. The molecule has 0 saturated carbocycles. The van der Waals surface area contributed by atoms with E-state index in [-0.39, 0.29) is 5.57 Å². The molecular formula is C5H4O2. The molecule has 36 valence electrons. The summed E-state index contributed by atoms with van der Waals surface area (Å²) in [5, 5.41) is 0. The molecular weight excluding hydrogens is 92.1 g/mol. The molecule has 0 saturated heterocycles. The van der Waals surface area contributed by atoms with Crippen molar-refractivity contribution in [3.63, 3.8) is 0 Å². The third kappa shape index (κ3) is 2.71. The molecule has 0 radical (unpaired) electrons. The smallest absolute Gasteiger partial charge is 0.128 e. The molecule has 0 bridgehead atoms. The van der Waals surface area contributed by atoms with Crippen molar-refractivity contribution in [3.8, 4) is 0 Å². The fourth-order valence-corrected chi connectivity index (χ4v) is 0.118. The van der Waals surface area contributed by atoms with Crippen molar-refractivity contribution in [2.45, 2.75) is 6.92 Å². The Bertz CT molecular complexity index is 145. The molecule has 0 aliphatic carbocycles. The molecule has 0 spiro atoms. The van der Waals surface area contributed by atoms with E-state index in [2.05, 4.69) is 0 Å². The maximum absolute atomic E-state index is 9.52. The first-order valence-electron chi connectivity index (χ1n) is 1.74. The van der Waals surface area contributed by atoms with Gasteiger partial charge in [0.15, 0.2) is 0 Å². The van der Waals surface area contributed by atoms with Gasteiger partial charge in [0.25, 0.3) is 0 Å². The van der Waals surface area contributed by atoms with Crippen LogP contribution in [0.1, 0.15) is 6.92 Å². The van der Waals surface area contributed by atoms with E-state index in [1.165, 1.54) is 18.8 Å².